The van der Waals surface area contributed by atoms with Crippen molar-refractivity contribution < 1.29 is 4.58 Å². The number of halogens is 1. The molecule has 1 aliphatic carbocycles. The van der Waals surface area contributed by atoms with E-state index in [1.54, 1.807) is 0 Å². The smallest absolute Gasteiger partial charge is 0.214 e. The Bertz CT molecular complexity index is 2000. The van der Waals surface area contributed by atoms with Crippen LogP contribution in [0.3, 0.4) is 0 Å². The third-order valence-corrected chi connectivity index (χ3v) is 9.00. The summed E-state index contributed by atoms with van der Waals surface area (Å²) in [5, 5.41) is 8.08. The average molecular weight is 690 g/mol. The highest BCUT2D eigenvalue weighted by Gasteiger charge is 2.33. The number of allylic oxidation sites excluding steroid dienone is 6. The monoisotopic (exact) mass is 689 g/mol. The Kier molecular flexibility index (Phi) is 16.3. The van der Waals surface area contributed by atoms with E-state index < -0.39 is 0 Å². The molecule has 50 heavy (non-hydrogen) atoms. The minimum Gasteiger partial charge on any atom is -0.338 e. The Labute approximate surface area is 308 Å². The van der Waals surface area contributed by atoms with Crippen LogP contribution in [0.1, 0.15) is 113 Å². The highest BCUT2D eigenvalue weighted by atomic mass is 35.5. The van der Waals surface area contributed by atoms with E-state index >= 15 is 0 Å². The minimum atomic E-state index is 0.394. The van der Waals surface area contributed by atoms with Crippen LogP contribution >= 0.6 is 11.6 Å². The maximum Gasteiger partial charge on any atom is 0.214 e. The molecule has 1 atom stereocenters. The molecule has 0 spiro atoms. The highest BCUT2D eigenvalue weighted by Crippen LogP contribution is 2.37. The van der Waals surface area contributed by atoms with E-state index in [2.05, 4.69) is 165 Å². The van der Waals surface area contributed by atoms with Gasteiger partial charge in [-0.05, 0) is 80.2 Å². The van der Waals surface area contributed by atoms with E-state index in [0.29, 0.717) is 12.1 Å². The zero-order chi connectivity index (χ0) is 36.8. The number of hydrogen-bond donors (Lipinski definition) is 0. The molecule has 3 heteroatoms. The Morgan fingerprint density at radius 1 is 0.740 bits per heavy atom. The van der Waals surface area contributed by atoms with Crippen LogP contribution in [-0.2, 0) is 0 Å². The molecule has 1 unspecified atom stereocenters. The number of hydrogen-bond acceptors (Lipinski definition) is 0. The lowest BCUT2D eigenvalue weighted by atomic mass is 10.0. The maximum atomic E-state index is 4.64. The highest BCUT2D eigenvalue weighted by molar-refractivity contribution is 6.19. The molecule has 0 saturated carbocycles. The lowest BCUT2D eigenvalue weighted by molar-refractivity contribution is -0.476. The van der Waals surface area contributed by atoms with E-state index in [1.165, 1.54) is 91.6 Å². The molecule has 0 fully saturated rings. The summed E-state index contributed by atoms with van der Waals surface area (Å²) in [6.45, 7) is 21.5. The van der Waals surface area contributed by atoms with E-state index in [9.17, 15) is 0 Å². The van der Waals surface area contributed by atoms with Crippen molar-refractivity contribution in [3.8, 4) is 0 Å². The van der Waals surface area contributed by atoms with Crippen LogP contribution in [0.2, 0.25) is 0 Å². The summed E-state index contributed by atoms with van der Waals surface area (Å²) in [7, 11) is 0. The fourth-order valence-electron chi connectivity index (χ4n) is 7.21. The van der Waals surface area contributed by atoms with Crippen LogP contribution in [-0.4, -0.2) is 27.3 Å². The molecular formula is C47H62ClN2+. The van der Waals surface area contributed by atoms with Gasteiger partial charge in [0.05, 0.1) is 10.9 Å². The first-order chi connectivity index (χ1) is 24.5. The zero-order valence-electron chi connectivity index (χ0n) is 32.8. The summed E-state index contributed by atoms with van der Waals surface area (Å²) in [6, 6.07) is 27.7. The van der Waals surface area contributed by atoms with Gasteiger partial charge >= 0.3 is 0 Å². The SMILES string of the molecule is CC.CC.CCC.CCCC(C)[N+]1=C(/C=C/C2=CC(=C/C=c3\c4cccc5cccc(c54)n3C(C)C)/CC2)c2cccc3cccc1c23.CCl. The fourth-order valence-corrected chi connectivity index (χ4v) is 7.21. The first-order valence-electron chi connectivity index (χ1n) is 19.1. The molecule has 2 aliphatic rings. The average Bonchev–Trinajstić information content (AvgIpc) is 3.84. The van der Waals surface area contributed by atoms with Crippen molar-refractivity contribution in [2.24, 2.45) is 0 Å². The predicted molar refractivity (Wildman–Crippen MR) is 227 cm³/mol. The third-order valence-electron chi connectivity index (χ3n) is 9.00. The van der Waals surface area contributed by atoms with Gasteiger partial charge in [0, 0.05) is 52.6 Å². The first-order valence-corrected chi connectivity index (χ1v) is 19.9. The summed E-state index contributed by atoms with van der Waals surface area (Å²) in [4.78, 5) is 0. The quantitative estimate of drug-likeness (QED) is 0.119. The van der Waals surface area contributed by atoms with Gasteiger partial charge in [-0.2, -0.15) is 4.58 Å². The van der Waals surface area contributed by atoms with Crippen LogP contribution in [0.5, 0.6) is 0 Å². The first kappa shape index (κ1) is 40.5. The van der Waals surface area contributed by atoms with Crippen molar-refractivity contribution in [3.05, 3.63) is 119 Å². The summed E-state index contributed by atoms with van der Waals surface area (Å²) < 4.78 is 5.07. The molecule has 1 aliphatic heterocycles. The molecule has 0 radical (unpaired) electrons. The van der Waals surface area contributed by atoms with E-state index in [-0.39, 0.29) is 0 Å². The minimum absolute atomic E-state index is 0.394. The van der Waals surface area contributed by atoms with E-state index in [1.807, 2.05) is 27.7 Å². The number of nitrogens with zero attached hydrogens (tertiary/aromatic N) is 2. The lowest BCUT2D eigenvalue weighted by Gasteiger charge is -2.10. The molecule has 0 saturated heterocycles. The Hall–Kier alpha value is -3.88. The summed E-state index contributed by atoms with van der Waals surface area (Å²) >= 11 is 4.64. The predicted octanol–water partition coefficient (Wildman–Crippen LogP) is 13.9. The molecule has 0 N–H and O–H groups in total. The van der Waals surface area contributed by atoms with Gasteiger partial charge in [0.1, 0.15) is 0 Å². The van der Waals surface area contributed by atoms with Gasteiger partial charge in [0.2, 0.25) is 11.4 Å². The normalized spacial score (nSPS) is 15.1. The summed E-state index contributed by atoms with van der Waals surface area (Å²) in [5.74, 6) is 0. The van der Waals surface area contributed by atoms with Crippen molar-refractivity contribution >= 4 is 61.5 Å². The van der Waals surface area contributed by atoms with Crippen LogP contribution in [0.4, 0.5) is 5.69 Å². The lowest BCUT2D eigenvalue weighted by Crippen LogP contribution is -2.22. The molecule has 266 valence electrons. The standard InChI is InChI=1S/C39H39N2.C3H8.2C2H6.CH3Cl/c1-5-10-27(4)41-35(33-16-7-12-31-14-9-18-37(41)39(31)33)24-22-29-20-19-28(25-29)21-23-34-32-15-6-11-30-13-8-17-36(38(30)32)40(34)26(2)3;1-3-2;3*1-2/h6-9,11-18,21-27H,5,10,19-20H2,1-4H3;3H2,1-2H3;2*1-2H3;1H3/q+1;;;;. The summed E-state index contributed by atoms with van der Waals surface area (Å²) in [5.41, 5.74) is 8.19. The molecule has 0 amide bonds. The third kappa shape index (κ3) is 8.52. The molecule has 2 heterocycles. The van der Waals surface area contributed by atoms with E-state index in [4.69, 9.17) is 0 Å². The molecule has 2 nitrogen and oxygen atoms in total. The number of aromatic nitrogens is 1. The zero-order valence-corrected chi connectivity index (χ0v) is 33.5. The molecule has 4 aromatic carbocycles. The van der Waals surface area contributed by atoms with Gasteiger partial charge in [0.25, 0.3) is 0 Å². The van der Waals surface area contributed by atoms with Gasteiger partial charge in [0.15, 0.2) is 6.04 Å². The second-order valence-corrected chi connectivity index (χ2v) is 12.8. The molecule has 0 bridgehead atoms. The van der Waals surface area contributed by atoms with Crippen molar-refractivity contribution in [1.29, 1.82) is 0 Å². The second-order valence-electron chi connectivity index (χ2n) is 12.8. The molecule has 7 rings (SSSR count). The van der Waals surface area contributed by atoms with Crippen molar-refractivity contribution in [3.63, 3.8) is 0 Å². The van der Waals surface area contributed by atoms with Gasteiger partial charge < -0.3 is 4.57 Å². The van der Waals surface area contributed by atoms with Gasteiger partial charge in [-0.3, -0.25) is 0 Å². The number of alkyl halides is 1. The van der Waals surface area contributed by atoms with Gasteiger partial charge in [-0.15, -0.1) is 11.6 Å². The van der Waals surface area contributed by atoms with Crippen molar-refractivity contribution in [1.82, 2.24) is 4.57 Å². The molecule has 1 aromatic heterocycles. The molecular weight excluding hydrogens is 628 g/mol. The Morgan fingerprint density at radius 3 is 1.98 bits per heavy atom. The fraction of sp³-hybridized carbons (Fsp3) is 0.383. The number of rotatable bonds is 7. The van der Waals surface area contributed by atoms with Gasteiger partial charge in [-0.25, -0.2) is 0 Å². The van der Waals surface area contributed by atoms with E-state index in [0.717, 1.165) is 12.8 Å². The molecule has 5 aromatic rings. The van der Waals surface area contributed by atoms with Crippen LogP contribution in [0, 0.1) is 0 Å². The van der Waals surface area contributed by atoms with Crippen LogP contribution in [0.15, 0.2) is 108 Å². The summed E-state index contributed by atoms with van der Waals surface area (Å²) in [6.07, 6.45) is 19.1. The largest absolute Gasteiger partial charge is 0.338 e. The topological polar surface area (TPSA) is 7.94 Å². The Balaban J connectivity index is 0.000000693. The van der Waals surface area contributed by atoms with Crippen molar-refractivity contribution in [2.75, 3.05) is 6.38 Å². The second kappa shape index (κ2) is 20.1. The maximum absolute atomic E-state index is 4.64. The number of benzene rings is 4. The Morgan fingerprint density at radius 2 is 1.34 bits per heavy atom. The van der Waals surface area contributed by atoms with Crippen molar-refractivity contribution in [2.45, 2.75) is 113 Å². The van der Waals surface area contributed by atoms with Gasteiger partial charge in [-0.1, -0.05) is 128 Å². The van der Waals surface area contributed by atoms with Crippen LogP contribution in [0.25, 0.3) is 38.5 Å². The van der Waals surface area contributed by atoms with Crippen LogP contribution < -0.4 is 5.35 Å².